The fourth-order valence-corrected chi connectivity index (χ4v) is 2.91. The molecule has 0 aromatic carbocycles. The molecule has 1 fully saturated rings. The minimum absolute atomic E-state index is 0.571. The Labute approximate surface area is 103 Å². The van der Waals surface area contributed by atoms with Crippen LogP contribution in [0.15, 0.2) is 12.3 Å². The molecule has 1 N–H and O–H groups in total. The maximum Gasteiger partial charge on any atom is 0.128 e. The second-order valence-corrected chi connectivity index (χ2v) is 5.32. The molecule has 0 radical (unpaired) electrons. The van der Waals surface area contributed by atoms with Crippen LogP contribution in [0.1, 0.15) is 30.9 Å². The van der Waals surface area contributed by atoms with Crippen molar-refractivity contribution >= 4 is 5.82 Å². The number of nitrogens with one attached hydrogen (secondary N) is 1. The maximum atomic E-state index is 4.65. The summed E-state index contributed by atoms with van der Waals surface area (Å²) >= 11 is 0. The Balaban J connectivity index is 1.83. The summed E-state index contributed by atoms with van der Waals surface area (Å²) in [7, 11) is 0. The molecule has 0 spiro atoms. The van der Waals surface area contributed by atoms with Crippen molar-refractivity contribution in [3.8, 4) is 0 Å². The Morgan fingerprint density at radius 1 is 1.29 bits per heavy atom. The van der Waals surface area contributed by atoms with Crippen molar-refractivity contribution in [2.24, 2.45) is 0 Å². The molecule has 17 heavy (non-hydrogen) atoms. The minimum atomic E-state index is 0.571. The molecule has 1 saturated heterocycles. The van der Waals surface area contributed by atoms with E-state index >= 15 is 0 Å². The third-order valence-corrected chi connectivity index (χ3v) is 3.90. The molecular formula is C14H21N3. The summed E-state index contributed by atoms with van der Waals surface area (Å²) in [5.41, 5.74) is 3.01. The lowest BCUT2D eigenvalue weighted by Crippen LogP contribution is -2.49. The quantitative estimate of drug-likeness (QED) is 0.798. The van der Waals surface area contributed by atoms with Gasteiger partial charge in [0, 0.05) is 31.9 Å². The number of aryl methyl sites for hydroxylation is 2. The Bertz CT molecular complexity index is 402. The average molecular weight is 231 g/mol. The Morgan fingerprint density at radius 3 is 2.94 bits per heavy atom. The summed E-state index contributed by atoms with van der Waals surface area (Å²) in [6.45, 7) is 5.46. The summed E-state index contributed by atoms with van der Waals surface area (Å²) in [5, 5.41) is 3.47. The van der Waals surface area contributed by atoms with E-state index in [4.69, 9.17) is 0 Å². The van der Waals surface area contributed by atoms with E-state index in [0.717, 1.165) is 19.6 Å². The molecule has 1 atom stereocenters. The topological polar surface area (TPSA) is 28.2 Å². The number of nitrogens with zero attached hydrogens (tertiary/aromatic N) is 2. The summed E-state index contributed by atoms with van der Waals surface area (Å²) in [6, 6.07) is 2.90. The molecule has 0 saturated carbocycles. The highest BCUT2D eigenvalue weighted by atomic mass is 15.2. The summed E-state index contributed by atoms with van der Waals surface area (Å²) < 4.78 is 0. The number of fused-ring (bicyclic) bond motifs is 1. The van der Waals surface area contributed by atoms with Crippen LogP contribution in [-0.2, 0) is 12.8 Å². The van der Waals surface area contributed by atoms with Gasteiger partial charge in [0.25, 0.3) is 0 Å². The van der Waals surface area contributed by atoms with Gasteiger partial charge in [-0.15, -0.1) is 0 Å². The zero-order chi connectivity index (χ0) is 11.7. The summed E-state index contributed by atoms with van der Waals surface area (Å²) in [5.74, 6) is 1.18. The normalized spacial score (nSPS) is 24.5. The SMILES string of the molecule is CC1CN(c2cc3c(cn2)CCCC3)CCN1. The van der Waals surface area contributed by atoms with Crippen LogP contribution in [0.2, 0.25) is 0 Å². The van der Waals surface area contributed by atoms with Crippen LogP contribution in [0.4, 0.5) is 5.82 Å². The first kappa shape index (κ1) is 11.0. The third-order valence-electron chi connectivity index (χ3n) is 3.90. The molecule has 1 aliphatic heterocycles. The molecule has 3 heteroatoms. The number of anilines is 1. The first-order chi connectivity index (χ1) is 8.33. The van der Waals surface area contributed by atoms with Gasteiger partial charge in [0.15, 0.2) is 0 Å². The van der Waals surface area contributed by atoms with Crippen LogP contribution in [0.25, 0.3) is 0 Å². The van der Waals surface area contributed by atoms with Gasteiger partial charge < -0.3 is 10.2 Å². The van der Waals surface area contributed by atoms with Gasteiger partial charge in [-0.25, -0.2) is 4.98 Å². The first-order valence-corrected chi connectivity index (χ1v) is 6.79. The molecule has 1 unspecified atom stereocenters. The molecule has 2 aliphatic rings. The van der Waals surface area contributed by atoms with Gasteiger partial charge >= 0.3 is 0 Å². The molecule has 92 valence electrons. The van der Waals surface area contributed by atoms with Crippen molar-refractivity contribution in [1.82, 2.24) is 10.3 Å². The van der Waals surface area contributed by atoms with E-state index in [1.807, 2.05) is 0 Å². The lowest BCUT2D eigenvalue weighted by atomic mass is 9.93. The van der Waals surface area contributed by atoms with Crippen molar-refractivity contribution in [1.29, 1.82) is 0 Å². The zero-order valence-electron chi connectivity index (χ0n) is 10.6. The molecule has 0 bridgehead atoms. The second-order valence-electron chi connectivity index (χ2n) is 5.32. The fourth-order valence-electron chi connectivity index (χ4n) is 2.91. The molecular weight excluding hydrogens is 210 g/mol. The predicted octanol–water partition coefficient (Wildman–Crippen LogP) is 1.76. The van der Waals surface area contributed by atoms with Gasteiger partial charge in [0.1, 0.15) is 5.82 Å². The van der Waals surface area contributed by atoms with Crippen LogP contribution in [-0.4, -0.2) is 30.7 Å². The molecule has 0 amide bonds. The van der Waals surface area contributed by atoms with Crippen molar-refractivity contribution in [2.45, 2.75) is 38.6 Å². The van der Waals surface area contributed by atoms with E-state index in [2.05, 4.69) is 34.4 Å². The first-order valence-electron chi connectivity index (χ1n) is 6.79. The largest absolute Gasteiger partial charge is 0.354 e. The smallest absolute Gasteiger partial charge is 0.128 e. The molecule has 2 heterocycles. The predicted molar refractivity (Wildman–Crippen MR) is 70.6 cm³/mol. The van der Waals surface area contributed by atoms with Crippen molar-refractivity contribution < 1.29 is 0 Å². The van der Waals surface area contributed by atoms with E-state index in [1.165, 1.54) is 42.6 Å². The number of piperazine rings is 1. The van der Waals surface area contributed by atoms with E-state index < -0.39 is 0 Å². The number of pyridine rings is 1. The van der Waals surface area contributed by atoms with Crippen molar-refractivity contribution in [3.63, 3.8) is 0 Å². The van der Waals surface area contributed by atoms with Crippen LogP contribution < -0.4 is 10.2 Å². The summed E-state index contributed by atoms with van der Waals surface area (Å²) in [6.07, 6.45) is 7.25. The maximum absolute atomic E-state index is 4.65. The monoisotopic (exact) mass is 231 g/mol. The van der Waals surface area contributed by atoms with Gasteiger partial charge in [0.05, 0.1) is 0 Å². The van der Waals surface area contributed by atoms with Crippen LogP contribution in [0.3, 0.4) is 0 Å². The lowest BCUT2D eigenvalue weighted by Gasteiger charge is -2.33. The van der Waals surface area contributed by atoms with Gasteiger partial charge in [-0.1, -0.05) is 0 Å². The Kier molecular flexibility index (Phi) is 3.02. The molecule has 3 rings (SSSR count). The van der Waals surface area contributed by atoms with Crippen molar-refractivity contribution in [3.05, 3.63) is 23.4 Å². The van der Waals surface area contributed by atoms with Crippen molar-refractivity contribution in [2.75, 3.05) is 24.5 Å². The highest BCUT2D eigenvalue weighted by Gasteiger charge is 2.18. The van der Waals surface area contributed by atoms with Gasteiger partial charge in [-0.2, -0.15) is 0 Å². The average Bonchev–Trinajstić information content (AvgIpc) is 2.38. The number of rotatable bonds is 1. The summed E-state index contributed by atoms with van der Waals surface area (Å²) in [4.78, 5) is 7.06. The highest BCUT2D eigenvalue weighted by molar-refractivity contribution is 5.45. The molecule has 1 aromatic heterocycles. The van der Waals surface area contributed by atoms with Gasteiger partial charge in [-0.3, -0.25) is 0 Å². The van der Waals surface area contributed by atoms with E-state index in [-0.39, 0.29) is 0 Å². The third kappa shape index (κ3) is 2.29. The van der Waals surface area contributed by atoms with E-state index in [0.29, 0.717) is 6.04 Å². The standard InChI is InChI=1S/C14H21N3/c1-11-10-17(7-6-15-11)14-8-12-4-2-3-5-13(12)9-16-14/h8-9,11,15H,2-7,10H2,1H3. The highest BCUT2D eigenvalue weighted by Crippen LogP contribution is 2.24. The van der Waals surface area contributed by atoms with E-state index in [9.17, 15) is 0 Å². The molecule has 1 aliphatic carbocycles. The lowest BCUT2D eigenvalue weighted by molar-refractivity contribution is 0.482. The number of hydrogen-bond donors (Lipinski definition) is 1. The zero-order valence-corrected chi connectivity index (χ0v) is 10.6. The number of hydrogen-bond acceptors (Lipinski definition) is 3. The van der Waals surface area contributed by atoms with Crippen LogP contribution >= 0.6 is 0 Å². The fraction of sp³-hybridized carbons (Fsp3) is 0.643. The second kappa shape index (κ2) is 4.65. The van der Waals surface area contributed by atoms with Crippen LogP contribution in [0, 0.1) is 0 Å². The van der Waals surface area contributed by atoms with E-state index in [1.54, 1.807) is 0 Å². The molecule has 1 aromatic rings. The van der Waals surface area contributed by atoms with Gasteiger partial charge in [0.2, 0.25) is 0 Å². The van der Waals surface area contributed by atoms with Gasteiger partial charge in [-0.05, 0) is 49.8 Å². The minimum Gasteiger partial charge on any atom is -0.354 e. The molecule has 3 nitrogen and oxygen atoms in total. The Hall–Kier alpha value is -1.09. The van der Waals surface area contributed by atoms with Crippen LogP contribution in [0.5, 0.6) is 0 Å². The number of aromatic nitrogens is 1. The Morgan fingerprint density at radius 2 is 2.12 bits per heavy atom.